The Morgan fingerprint density at radius 3 is 3.20 bits per heavy atom. The number of carbonyl (C=O) groups is 1. The maximum absolute atomic E-state index is 13.7. The van der Waals surface area contributed by atoms with Gasteiger partial charge in [0.05, 0.1) is 5.56 Å². The molecule has 2 heterocycles. The first-order valence-corrected chi connectivity index (χ1v) is 7.19. The topological polar surface area (TPSA) is 46.9 Å². The number of halogens is 2. The highest BCUT2D eigenvalue weighted by Gasteiger charge is 2.22. The van der Waals surface area contributed by atoms with Crippen LogP contribution in [0.5, 0.6) is 0 Å². The van der Waals surface area contributed by atoms with Crippen LogP contribution in [0.3, 0.4) is 0 Å². The summed E-state index contributed by atoms with van der Waals surface area (Å²) in [6, 6.07) is 4.36. The molecular weight excluding hydrogens is 325 g/mol. The molecule has 6 heteroatoms. The van der Waals surface area contributed by atoms with Crippen LogP contribution in [-0.2, 0) is 13.0 Å². The van der Waals surface area contributed by atoms with Crippen molar-refractivity contribution in [2.45, 2.75) is 25.4 Å². The molecule has 0 saturated heterocycles. The summed E-state index contributed by atoms with van der Waals surface area (Å²) >= 11 is 3.25. The van der Waals surface area contributed by atoms with Gasteiger partial charge in [0, 0.05) is 35.9 Å². The summed E-state index contributed by atoms with van der Waals surface area (Å²) < 4.78 is 16.4. The number of carbonyl (C=O) groups excluding carboxylic acids is 1. The number of nitrogens with one attached hydrogen (secondary N) is 1. The Morgan fingerprint density at radius 2 is 2.35 bits per heavy atom. The first-order valence-electron chi connectivity index (χ1n) is 6.39. The molecule has 1 aliphatic heterocycles. The number of fused-ring (bicyclic) bond motifs is 1. The van der Waals surface area contributed by atoms with Crippen LogP contribution in [0.15, 0.2) is 35.1 Å². The van der Waals surface area contributed by atoms with E-state index in [0.717, 1.165) is 18.7 Å². The minimum Gasteiger partial charge on any atom is -0.347 e. The molecule has 3 rings (SSSR count). The van der Waals surface area contributed by atoms with Gasteiger partial charge in [-0.15, -0.1) is 0 Å². The van der Waals surface area contributed by atoms with Crippen molar-refractivity contribution in [3.05, 3.63) is 52.3 Å². The predicted molar refractivity (Wildman–Crippen MR) is 75.9 cm³/mol. The van der Waals surface area contributed by atoms with Crippen molar-refractivity contribution >= 4 is 21.8 Å². The Kier molecular flexibility index (Phi) is 3.56. The molecule has 1 N–H and O–H groups in total. The molecular formula is C14H13BrFN3O. The molecule has 104 valence electrons. The van der Waals surface area contributed by atoms with Gasteiger partial charge in [0.15, 0.2) is 0 Å². The van der Waals surface area contributed by atoms with Crippen LogP contribution in [-0.4, -0.2) is 21.5 Å². The summed E-state index contributed by atoms with van der Waals surface area (Å²) in [6.07, 6.45) is 5.29. The van der Waals surface area contributed by atoms with Gasteiger partial charge in [-0.2, -0.15) is 0 Å². The van der Waals surface area contributed by atoms with E-state index in [1.165, 1.54) is 12.1 Å². The minimum absolute atomic E-state index is 0.00239. The van der Waals surface area contributed by atoms with E-state index in [9.17, 15) is 9.18 Å². The lowest BCUT2D eigenvalue weighted by molar-refractivity contribution is 0.0923. The molecule has 0 aliphatic carbocycles. The van der Waals surface area contributed by atoms with Gasteiger partial charge in [-0.3, -0.25) is 4.79 Å². The third-order valence-corrected chi connectivity index (χ3v) is 3.94. The Bertz CT molecular complexity index is 656. The number of rotatable bonds is 2. The first kappa shape index (κ1) is 13.3. The van der Waals surface area contributed by atoms with Crippen LogP contribution < -0.4 is 5.32 Å². The Balaban J connectivity index is 1.72. The van der Waals surface area contributed by atoms with Gasteiger partial charge in [0.25, 0.3) is 5.91 Å². The fourth-order valence-electron chi connectivity index (χ4n) is 2.42. The molecule has 20 heavy (non-hydrogen) atoms. The average Bonchev–Trinajstić information content (AvgIpc) is 2.89. The lowest BCUT2D eigenvalue weighted by atomic mass is 10.1. The maximum atomic E-state index is 13.7. The zero-order chi connectivity index (χ0) is 14.1. The van der Waals surface area contributed by atoms with Crippen molar-refractivity contribution in [1.82, 2.24) is 14.9 Å². The van der Waals surface area contributed by atoms with Gasteiger partial charge in [-0.25, -0.2) is 9.37 Å². The van der Waals surface area contributed by atoms with Gasteiger partial charge in [0.1, 0.15) is 11.6 Å². The number of imidazole rings is 1. The monoisotopic (exact) mass is 337 g/mol. The first-order chi connectivity index (χ1) is 9.63. The van der Waals surface area contributed by atoms with Crippen molar-refractivity contribution in [2.24, 2.45) is 0 Å². The third kappa shape index (κ3) is 2.60. The highest BCUT2D eigenvalue weighted by atomic mass is 79.9. The number of aryl methyl sites for hydroxylation is 1. The van der Waals surface area contributed by atoms with E-state index in [4.69, 9.17) is 0 Å². The second-order valence-electron chi connectivity index (χ2n) is 4.83. The third-order valence-electron chi connectivity index (χ3n) is 3.44. The second kappa shape index (κ2) is 5.36. The van der Waals surface area contributed by atoms with E-state index in [-0.39, 0.29) is 17.5 Å². The fourth-order valence-corrected chi connectivity index (χ4v) is 2.78. The average molecular weight is 338 g/mol. The normalized spacial score (nSPS) is 17.6. The van der Waals surface area contributed by atoms with Crippen molar-refractivity contribution < 1.29 is 9.18 Å². The second-order valence-corrected chi connectivity index (χ2v) is 5.74. The molecule has 0 spiro atoms. The zero-order valence-corrected chi connectivity index (χ0v) is 12.2. The number of amides is 1. The Labute approximate surface area is 124 Å². The van der Waals surface area contributed by atoms with Crippen molar-refractivity contribution in [2.75, 3.05) is 0 Å². The summed E-state index contributed by atoms with van der Waals surface area (Å²) in [7, 11) is 0. The standard InChI is InChI=1S/C14H13BrFN3O/c15-9-1-3-12(16)11(7-9)14(20)18-10-2-4-13-17-5-6-19(13)8-10/h1,3,5-7,10H,2,4,8H2,(H,18,20)/t10-/m0/s1. The lowest BCUT2D eigenvalue weighted by Gasteiger charge is -2.24. The van der Waals surface area contributed by atoms with Gasteiger partial charge in [-0.1, -0.05) is 15.9 Å². The molecule has 0 fully saturated rings. The summed E-state index contributed by atoms with van der Waals surface area (Å²) in [6.45, 7) is 0.677. The SMILES string of the molecule is O=C(N[C@H]1CCc2nccn2C1)c1cc(Br)ccc1F. The molecule has 1 aromatic carbocycles. The van der Waals surface area contributed by atoms with Gasteiger partial charge >= 0.3 is 0 Å². The molecule has 1 aromatic heterocycles. The van der Waals surface area contributed by atoms with Crippen LogP contribution in [0.25, 0.3) is 0 Å². The van der Waals surface area contributed by atoms with Crippen molar-refractivity contribution in [3.8, 4) is 0 Å². The van der Waals surface area contributed by atoms with Crippen LogP contribution in [0.1, 0.15) is 22.6 Å². The Hall–Kier alpha value is -1.69. The van der Waals surface area contributed by atoms with E-state index >= 15 is 0 Å². The van der Waals surface area contributed by atoms with Crippen LogP contribution in [0, 0.1) is 5.82 Å². The predicted octanol–water partition coefficient (Wildman–Crippen LogP) is 2.53. The molecule has 1 atom stereocenters. The molecule has 2 aromatic rings. The molecule has 1 amide bonds. The quantitative estimate of drug-likeness (QED) is 0.915. The van der Waals surface area contributed by atoms with E-state index < -0.39 is 5.82 Å². The number of aromatic nitrogens is 2. The number of benzene rings is 1. The van der Waals surface area contributed by atoms with E-state index in [1.54, 1.807) is 12.3 Å². The molecule has 0 unspecified atom stereocenters. The van der Waals surface area contributed by atoms with E-state index in [0.29, 0.717) is 11.0 Å². The van der Waals surface area contributed by atoms with Crippen molar-refractivity contribution in [1.29, 1.82) is 0 Å². The maximum Gasteiger partial charge on any atom is 0.254 e. The highest BCUT2D eigenvalue weighted by molar-refractivity contribution is 9.10. The fraction of sp³-hybridized carbons (Fsp3) is 0.286. The number of hydrogen-bond acceptors (Lipinski definition) is 2. The molecule has 0 bridgehead atoms. The molecule has 4 nitrogen and oxygen atoms in total. The van der Waals surface area contributed by atoms with Crippen LogP contribution >= 0.6 is 15.9 Å². The minimum atomic E-state index is -0.509. The number of hydrogen-bond donors (Lipinski definition) is 1. The van der Waals surface area contributed by atoms with E-state index in [2.05, 4.69) is 26.2 Å². The molecule has 0 saturated carbocycles. The smallest absolute Gasteiger partial charge is 0.254 e. The molecule has 1 aliphatic rings. The lowest BCUT2D eigenvalue weighted by Crippen LogP contribution is -2.41. The highest BCUT2D eigenvalue weighted by Crippen LogP contribution is 2.17. The van der Waals surface area contributed by atoms with E-state index in [1.807, 2.05) is 10.8 Å². The number of nitrogens with zero attached hydrogens (tertiary/aromatic N) is 2. The zero-order valence-electron chi connectivity index (χ0n) is 10.6. The van der Waals surface area contributed by atoms with Crippen molar-refractivity contribution in [3.63, 3.8) is 0 Å². The summed E-state index contributed by atoms with van der Waals surface area (Å²) in [5.41, 5.74) is 0.0656. The largest absolute Gasteiger partial charge is 0.347 e. The summed E-state index contributed by atoms with van der Waals surface area (Å²) in [4.78, 5) is 16.4. The summed E-state index contributed by atoms with van der Waals surface area (Å²) in [5.74, 6) is 0.145. The van der Waals surface area contributed by atoms with Gasteiger partial charge in [0.2, 0.25) is 0 Å². The summed E-state index contributed by atoms with van der Waals surface area (Å²) in [5, 5.41) is 2.89. The van der Waals surface area contributed by atoms with Gasteiger partial charge in [-0.05, 0) is 24.6 Å². The van der Waals surface area contributed by atoms with Crippen LogP contribution in [0.4, 0.5) is 4.39 Å². The Morgan fingerprint density at radius 1 is 1.50 bits per heavy atom. The molecule has 0 radical (unpaired) electrons. The van der Waals surface area contributed by atoms with Crippen LogP contribution in [0.2, 0.25) is 0 Å². The van der Waals surface area contributed by atoms with Gasteiger partial charge < -0.3 is 9.88 Å².